The maximum absolute atomic E-state index is 5.81. The maximum atomic E-state index is 5.81. The van der Waals surface area contributed by atoms with E-state index in [0.717, 1.165) is 13.1 Å². The first kappa shape index (κ1) is 11.6. The summed E-state index contributed by atoms with van der Waals surface area (Å²) in [6.45, 7) is 4.43. The van der Waals surface area contributed by atoms with Crippen molar-refractivity contribution in [2.24, 2.45) is 0 Å². The fourth-order valence-corrected chi connectivity index (χ4v) is 1.54. The molecule has 78 valence electrons. The fraction of sp³-hybridized carbons (Fsp3) is 0.400. The summed E-state index contributed by atoms with van der Waals surface area (Å²) in [5.74, 6) is 0.709. The van der Waals surface area contributed by atoms with Gasteiger partial charge in [0.05, 0.1) is 0 Å². The van der Waals surface area contributed by atoms with Gasteiger partial charge in [0.2, 0.25) is 0 Å². The lowest BCUT2D eigenvalue weighted by Crippen LogP contribution is -2.20. The molecule has 0 aliphatic heterocycles. The molecule has 0 radical (unpaired) electrons. The fourth-order valence-electron chi connectivity index (χ4n) is 1.03. The van der Waals surface area contributed by atoms with Crippen molar-refractivity contribution in [3.05, 3.63) is 28.2 Å². The van der Waals surface area contributed by atoms with Crippen LogP contribution in [0.3, 0.4) is 0 Å². The summed E-state index contributed by atoms with van der Waals surface area (Å²) in [4.78, 5) is 0. The van der Waals surface area contributed by atoms with E-state index in [1.54, 1.807) is 18.2 Å². The number of halogens is 2. The molecular formula is C10H13Cl2NO. The Balaban J connectivity index is 2.42. The van der Waals surface area contributed by atoms with E-state index in [9.17, 15) is 0 Å². The van der Waals surface area contributed by atoms with Gasteiger partial charge in [-0.05, 0) is 24.7 Å². The van der Waals surface area contributed by atoms with E-state index in [0.29, 0.717) is 22.4 Å². The number of nitrogens with one attached hydrogen (secondary N) is 1. The van der Waals surface area contributed by atoms with Crippen LogP contribution < -0.4 is 10.1 Å². The highest BCUT2D eigenvalue weighted by molar-refractivity contribution is 6.34. The Morgan fingerprint density at radius 1 is 1.21 bits per heavy atom. The van der Waals surface area contributed by atoms with Crippen LogP contribution in [-0.2, 0) is 0 Å². The van der Waals surface area contributed by atoms with Crippen LogP contribution in [0.5, 0.6) is 5.75 Å². The highest BCUT2D eigenvalue weighted by atomic mass is 35.5. The predicted octanol–water partition coefficient (Wildman–Crippen LogP) is 2.98. The van der Waals surface area contributed by atoms with Gasteiger partial charge in [0, 0.05) is 16.6 Å². The molecule has 0 bridgehead atoms. The molecule has 0 aliphatic carbocycles. The van der Waals surface area contributed by atoms with Gasteiger partial charge in [0.15, 0.2) is 0 Å². The smallest absolute Gasteiger partial charge is 0.122 e. The van der Waals surface area contributed by atoms with Crippen LogP contribution in [0, 0.1) is 0 Å². The Morgan fingerprint density at radius 2 is 1.86 bits per heavy atom. The standard InChI is InChI=1S/C10H13Cl2NO/c1-2-13-3-4-14-10-6-8(11)5-9(12)7-10/h5-7,13H,2-4H2,1H3. The van der Waals surface area contributed by atoms with Crippen LogP contribution in [0.1, 0.15) is 6.92 Å². The minimum Gasteiger partial charge on any atom is -0.492 e. The average molecular weight is 234 g/mol. The molecule has 0 spiro atoms. The Hall–Kier alpha value is -0.440. The minimum absolute atomic E-state index is 0.593. The van der Waals surface area contributed by atoms with Gasteiger partial charge in [-0.3, -0.25) is 0 Å². The summed E-state index contributed by atoms with van der Waals surface area (Å²) in [6.07, 6.45) is 0. The van der Waals surface area contributed by atoms with Crippen molar-refractivity contribution in [3.63, 3.8) is 0 Å². The van der Waals surface area contributed by atoms with Crippen molar-refractivity contribution in [1.29, 1.82) is 0 Å². The molecule has 0 atom stereocenters. The van der Waals surface area contributed by atoms with Crippen molar-refractivity contribution in [2.45, 2.75) is 6.92 Å². The highest BCUT2D eigenvalue weighted by Crippen LogP contribution is 2.23. The van der Waals surface area contributed by atoms with Gasteiger partial charge in [0.25, 0.3) is 0 Å². The van der Waals surface area contributed by atoms with Gasteiger partial charge < -0.3 is 10.1 Å². The number of rotatable bonds is 5. The molecule has 1 N–H and O–H groups in total. The van der Waals surface area contributed by atoms with Gasteiger partial charge in [-0.15, -0.1) is 0 Å². The molecular weight excluding hydrogens is 221 g/mol. The third-order valence-corrected chi connectivity index (χ3v) is 2.07. The summed E-state index contributed by atoms with van der Waals surface area (Å²) in [6, 6.07) is 5.18. The minimum atomic E-state index is 0.593. The molecule has 0 amide bonds. The summed E-state index contributed by atoms with van der Waals surface area (Å²) in [7, 11) is 0. The molecule has 1 aromatic carbocycles. The lowest BCUT2D eigenvalue weighted by Gasteiger charge is -2.07. The van der Waals surface area contributed by atoms with Crippen molar-refractivity contribution in [3.8, 4) is 5.75 Å². The number of benzene rings is 1. The van der Waals surface area contributed by atoms with Crippen LogP contribution in [-0.4, -0.2) is 19.7 Å². The third kappa shape index (κ3) is 4.18. The molecule has 2 nitrogen and oxygen atoms in total. The van der Waals surface area contributed by atoms with Crippen molar-refractivity contribution in [2.75, 3.05) is 19.7 Å². The van der Waals surface area contributed by atoms with E-state index in [-0.39, 0.29) is 0 Å². The van der Waals surface area contributed by atoms with Crippen LogP contribution in [0.4, 0.5) is 0 Å². The molecule has 0 aromatic heterocycles. The molecule has 4 heteroatoms. The van der Waals surface area contributed by atoms with Gasteiger partial charge in [0.1, 0.15) is 12.4 Å². The van der Waals surface area contributed by atoms with Crippen LogP contribution in [0.25, 0.3) is 0 Å². The molecule has 0 aliphatic rings. The lowest BCUT2D eigenvalue weighted by atomic mass is 10.3. The lowest BCUT2D eigenvalue weighted by molar-refractivity contribution is 0.315. The summed E-state index contributed by atoms with van der Waals surface area (Å²) in [5, 5.41) is 4.34. The summed E-state index contributed by atoms with van der Waals surface area (Å²) in [5.41, 5.74) is 0. The molecule has 1 aromatic rings. The first-order valence-electron chi connectivity index (χ1n) is 4.52. The van der Waals surface area contributed by atoms with Gasteiger partial charge in [-0.2, -0.15) is 0 Å². The zero-order valence-corrected chi connectivity index (χ0v) is 9.53. The number of likely N-dealkylation sites (N-methyl/N-ethyl adjacent to an activating group) is 1. The number of ether oxygens (including phenoxy) is 1. The zero-order valence-electron chi connectivity index (χ0n) is 8.02. The normalized spacial score (nSPS) is 10.2. The van der Waals surface area contributed by atoms with Crippen molar-refractivity contribution in [1.82, 2.24) is 5.32 Å². The first-order chi connectivity index (χ1) is 6.72. The second-order valence-electron chi connectivity index (χ2n) is 2.81. The second kappa shape index (κ2) is 6.12. The average Bonchev–Trinajstić information content (AvgIpc) is 2.11. The van der Waals surface area contributed by atoms with Gasteiger partial charge in [-0.1, -0.05) is 30.1 Å². The monoisotopic (exact) mass is 233 g/mol. The molecule has 0 saturated heterocycles. The molecule has 0 unspecified atom stereocenters. The molecule has 0 saturated carbocycles. The van der Waals surface area contributed by atoms with Crippen molar-refractivity contribution < 1.29 is 4.74 Å². The van der Waals surface area contributed by atoms with E-state index in [1.807, 2.05) is 0 Å². The third-order valence-electron chi connectivity index (χ3n) is 1.63. The van der Waals surface area contributed by atoms with Crippen molar-refractivity contribution >= 4 is 23.2 Å². The molecule has 0 heterocycles. The Labute approximate surface area is 94.2 Å². The second-order valence-corrected chi connectivity index (χ2v) is 3.68. The van der Waals surface area contributed by atoms with E-state index in [1.165, 1.54) is 0 Å². The first-order valence-corrected chi connectivity index (χ1v) is 5.27. The van der Waals surface area contributed by atoms with Crippen LogP contribution in [0.15, 0.2) is 18.2 Å². The van der Waals surface area contributed by atoms with Gasteiger partial charge in [-0.25, -0.2) is 0 Å². The van der Waals surface area contributed by atoms with Crippen LogP contribution in [0.2, 0.25) is 10.0 Å². The zero-order chi connectivity index (χ0) is 10.4. The largest absolute Gasteiger partial charge is 0.492 e. The van der Waals surface area contributed by atoms with E-state index in [4.69, 9.17) is 27.9 Å². The summed E-state index contributed by atoms with van der Waals surface area (Å²) >= 11 is 11.6. The Kier molecular flexibility index (Phi) is 5.09. The topological polar surface area (TPSA) is 21.3 Å². The van der Waals surface area contributed by atoms with E-state index >= 15 is 0 Å². The maximum Gasteiger partial charge on any atom is 0.122 e. The highest BCUT2D eigenvalue weighted by Gasteiger charge is 1.98. The SMILES string of the molecule is CCNCCOc1cc(Cl)cc(Cl)c1. The van der Waals surface area contributed by atoms with E-state index < -0.39 is 0 Å². The van der Waals surface area contributed by atoms with Gasteiger partial charge >= 0.3 is 0 Å². The molecule has 1 rings (SSSR count). The Bertz CT molecular complexity index is 271. The molecule has 14 heavy (non-hydrogen) atoms. The number of hydrogen-bond donors (Lipinski definition) is 1. The quantitative estimate of drug-likeness (QED) is 0.791. The van der Waals surface area contributed by atoms with Crippen LogP contribution >= 0.6 is 23.2 Å². The number of hydrogen-bond acceptors (Lipinski definition) is 2. The molecule has 0 fully saturated rings. The Morgan fingerprint density at radius 3 is 2.43 bits per heavy atom. The van der Waals surface area contributed by atoms with E-state index in [2.05, 4.69) is 12.2 Å². The predicted molar refractivity (Wildman–Crippen MR) is 60.5 cm³/mol. The summed E-state index contributed by atoms with van der Waals surface area (Å²) < 4.78 is 5.44.